The van der Waals surface area contributed by atoms with Gasteiger partial charge in [-0.3, -0.25) is 14.6 Å². The Morgan fingerprint density at radius 1 is 1.00 bits per heavy atom. The number of piperazine rings is 1. The summed E-state index contributed by atoms with van der Waals surface area (Å²) < 4.78 is 0. The molecule has 0 spiro atoms. The maximum absolute atomic E-state index is 12.5. The van der Waals surface area contributed by atoms with Gasteiger partial charge in [-0.2, -0.15) is 11.3 Å². The van der Waals surface area contributed by atoms with Crippen LogP contribution < -0.4 is 4.90 Å². The number of hydrogen-bond acceptors (Lipinski definition) is 5. The first kappa shape index (κ1) is 17.1. The second kappa shape index (κ2) is 7.53. The maximum atomic E-state index is 12.5. The predicted octanol–water partition coefficient (Wildman–Crippen LogP) is 3.71. The Kier molecular flexibility index (Phi) is 4.97. The maximum Gasteiger partial charge on any atom is 0.242 e. The normalized spacial score (nSPS) is 15.4. The Bertz CT molecular complexity index is 881. The Morgan fingerprint density at radius 3 is 2.50 bits per heavy atom. The highest BCUT2D eigenvalue weighted by molar-refractivity contribution is 7.08. The van der Waals surface area contributed by atoms with E-state index in [1.807, 2.05) is 0 Å². The van der Waals surface area contributed by atoms with E-state index < -0.39 is 0 Å². The van der Waals surface area contributed by atoms with Gasteiger partial charge in [0.05, 0.1) is 6.54 Å². The summed E-state index contributed by atoms with van der Waals surface area (Å²) in [7, 11) is 0. The van der Waals surface area contributed by atoms with Gasteiger partial charge in [0.25, 0.3) is 0 Å². The fourth-order valence-corrected chi connectivity index (χ4v) is 3.81. The Labute approximate surface area is 160 Å². The lowest BCUT2D eigenvalue weighted by molar-refractivity contribution is -0.121. The van der Waals surface area contributed by atoms with Gasteiger partial charge in [0, 0.05) is 19.6 Å². The number of benzene rings is 1. The van der Waals surface area contributed by atoms with Gasteiger partial charge < -0.3 is 0 Å². The number of nitrogens with zero attached hydrogens (tertiary/aromatic N) is 4. The SMILES string of the molecule is O=C1CN(Cc2ccc(-c3ccsc3)cc2)CCN1c1ccc(Cl)nn1. The third-order valence-corrected chi connectivity index (χ3v) is 5.29. The standard InChI is InChI=1S/C19H17ClN4OS/c20-17-5-6-18(22-21-17)24-9-8-23(12-19(24)25)11-14-1-3-15(4-2-14)16-7-10-26-13-16/h1-7,10,13H,8-9,11-12H2. The molecule has 3 heterocycles. The summed E-state index contributed by atoms with van der Waals surface area (Å²) in [5.41, 5.74) is 3.67. The predicted molar refractivity (Wildman–Crippen MR) is 104 cm³/mol. The summed E-state index contributed by atoms with van der Waals surface area (Å²) in [6.07, 6.45) is 0. The molecule has 132 valence electrons. The molecule has 1 amide bonds. The number of amides is 1. The third-order valence-electron chi connectivity index (χ3n) is 4.41. The average molecular weight is 385 g/mol. The largest absolute Gasteiger partial charge is 0.293 e. The van der Waals surface area contributed by atoms with Gasteiger partial charge in [-0.1, -0.05) is 35.9 Å². The molecule has 0 aliphatic carbocycles. The fourth-order valence-electron chi connectivity index (χ4n) is 3.04. The zero-order chi connectivity index (χ0) is 17.9. The van der Waals surface area contributed by atoms with Crippen molar-refractivity contribution in [2.24, 2.45) is 0 Å². The molecular weight excluding hydrogens is 368 g/mol. The van der Waals surface area contributed by atoms with E-state index >= 15 is 0 Å². The monoisotopic (exact) mass is 384 g/mol. The van der Waals surface area contributed by atoms with E-state index in [1.165, 1.54) is 16.7 Å². The van der Waals surface area contributed by atoms with Crippen LogP contribution in [0.25, 0.3) is 11.1 Å². The van der Waals surface area contributed by atoms with Crippen molar-refractivity contribution < 1.29 is 4.79 Å². The zero-order valence-corrected chi connectivity index (χ0v) is 15.6. The summed E-state index contributed by atoms with van der Waals surface area (Å²) in [5.74, 6) is 0.585. The first-order valence-electron chi connectivity index (χ1n) is 8.32. The van der Waals surface area contributed by atoms with Gasteiger partial charge in [-0.25, -0.2) is 0 Å². The number of thiophene rings is 1. The molecule has 5 nitrogen and oxygen atoms in total. The molecular formula is C19H17ClN4OS. The van der Waals surface area contributed by atoms with Crippen LogP contribution in [0, 0.1) is 0 Å². The first-order chi connectivity index (χ1) is 12.7. The Balaban J connectivity index is 1.38. The number of carbonyl (C=O) groups is 1. The van der Waals surface area contributed by atoms with E-state index in [0.717, 1.165) is 13.1 Å². The van der Waals surface area contributed by atoms with Gasteiger partial charge in [-0.15, -0.1) is 10.2 Å². The molecule has 4 rings (SSSR count). The van der Waals surface area contributed by atoms with Crippen molar-refractivity contribution >= 4 is 34.7 Å². The lowest BCUT2D eigenvalue weighted by Gasteiger charge is -2.33. The lowest BCUT2D eigenvalue weighted by atomic mass is 10.1. The second-order valence-electron chi connectivity index (χ2n) is 6.18. The van der Waals surface area contributed by atoms with Crippen LogP contribution in [0.1, 0.15) is 5.56 Å². The minimum absolute atomic E-state index is 0.0303. The van der Waals surface area contributed by atoms with Gasteiger partial charge in [-0.05, 0) is 45.6 Å². The molecule has 0 radical (unpaired) electrons. The van der Waals surface area contributed by atoms with Crippen LogP contribution in [-0.4, -0.2) is 40.6 Å². The molecule has 1 fully saturated rings. The minimum atomic E-state index is 0.0303. The number of carbonyl (C=O) groups excluding carboxylic acids is 1. The summed E-state index contributed by atoms with van der Waals surface area (Å²) in [6.45, 7) is 2.52. The van der Waals surface area contributed by atoms with Crippen molar-refractivity contribution in [2.75, 3.05) is 24.5 Å². The third kappa shape index (κ3) is 3.77. The molecule has 0 unspecified atom stereocenters. The van der Waals surface area contributed by atoms with E-state index in [2.05, 4.69) is 56.2 Å². The average Bonchev–Trinajstić information content (AvgIpc) is 3.18. The molecule has 1 aromatic carbocycles. The molecule has 1 aliphatic rings. The van der Waals surface area contributed by atoms with Crippen molar-refractivity contribution in [3.8, 4) is 11.1 Å². The van der Waals surface area contributed by atoms with Crippen molar-refractivity contribution in [1.29, 1.82) is 0 Å². The highest BCUT2D eigenvalue weighted by Crippen LogP contribution is 2.23. The Hall–Kier alpha value is -2.28. The fraction of sp³-hybridized carbons (Fsp3) is 0.211. The van der Waals surface area contributed by atoms with Gasteiger partial charge >= 0.3 is 0 Å². The molecule has 7 heteroatoms. The van der Waals surface area contributed by atoms with E-state index in [-0.39, 0.29) is 5.91 Å². The molecule has 1 saturated heterocycles. The molecule has 0 atom stereocenters. The number of anilines is 1. The highest BCUT2D eigenvalue weighted by atomic mass is 35.5. The van der Waals surface area contributed by atoms with Crippen LogP contribution in [0.2, 0.25) is 5.15 Å². The number of rotatable bonds is 4. The number of aromatic nitrogens is 2. The number of halogens is 1. The topological polar surface area (TPSA) is 49.3 Å². The van der Waals surface area contributed by atoms with Crippen LogP contribution in [0.5, 0.6) is 0 Å². The number of hydrogen-bond donors (Lipinski definition) is 0. The molecule has 0 bridgehead atoms. The van der Waals surface area contributed by atoms with E-state index in [9.17, 15) is 4.79 Å². The molecule has 3 aromatic rings. The van der Waals surface area contributed by atoms with Gasteiger partial charge in [0.2, 0.25) is 5.91 Å². The second-order valence-corrected chi connectivity index (χ2v) is 7.35. The molecule has 1 aliphatic heterocycles. The quantitative estimate of drug-likeness (QED) is 0.688. The lowest BCUT2D eigenvalue weighted by Crippen LogP contribution is -2.50. The van der Waals surface area contributed by atoms with E-state index in [4.69, 9.17) is 11.6 Å². The zero-order valence-electron chi connectivity index (χ0n) is 14.0. The molecule has 2 aromatic heterocycles. The van der Waals surface area contributed by atoms with E-state index in [1.54, 1.807) is 28.4 Å². The van der Waals surface area contributed by atoms with Crippen LogP contribution in [0.15, 0.2) is 53.2 Å². The van der Waals surface area contributed by atoms with Crippen molar-refractivity contribution in [3.05, 3.63) is 63.9 Å². The van der Waals surface area contributed by atoms with Crippen molar-refractivity contribution in [2.45, 2.75) is 6.54 Å². The van der Waals surface area contributed by atoms with Crippen LogP contribution in [-0.2, 0) is 11.3 Å². The van der Waals surface area contributed by atoms with Crippen LogP contribution in [0.3, 0.4) is 0 Å². The van der Waals surface area contributed by atoms with Crippen LogP contribution in [0.4, 0.5) is 5.82 Å². The summed E-state index contributed by atoms with van der Waals surface area (Å²) >= 11 is 7.46. The summed E-state index contributed by atoms with van der Waals surface area (Å²) in [5, 5.41) is 12.4. The Morgan fingerprint density at radius 2 is 1.85 bits per heavy atom. The summed E-state index contributed by atoms with van der Waals surface area (Å²) in [4.78, 5) is 16.3. The smallest absolute Gasteiger partial charge is 0.242 e. The summed E-state index contributed by atoms with van der Waals surface area (Å²) in [6, 6.07) is 14.0. The van der Waals surface area contributed by atoms with Crippen molar-refractivity contribution in [1.82, 2.24) is 15.1 Å². The highest BCUT2D eigenvalue weighted by Gasteiger charge is 2.26. The van der Waals surface area contributed by atoms with E-state index in [0.29, 0.717) is 24.1 Å². The van der Waals surface area contributed by atoms with Crippen molar-refractivity contribution in [3.63, 3.8) is 0 Å². The van der Waals surface area contributed by atoms with Crippen LogP contribution >= 0.6 is 22.9 Å². The first-order valence-corrected chi connectivity index (χ1v) is 9.64. The molecule has 26 heavy (non-hydrogen) atoms. The van der Waals surface area contributed by atoms with Gasteiger partial charge in [0.15, 0.2) is 11.0 Å². The van der Waals surface area contributed by atoms with Gasteiger partial charge in [0.1, 0.15) is 0 Å². The molecule has 0 N–H and O–H groups in total. The minimum Gasteiger partial charge on any atom is -0.293 e. The molecule has 0 saturated carbocycles.